The summed E-state index contributed by atoms with van der Waals surface area (Å²) >= 11 is 4.98. The lowest BCUT2D eigenvalue weighted by molar-refractivity contribution is -0.0448. The minimum atomic E-state index is -4.28. The quantitative estimate of drug-likeness (QED) is 0.177. The maximum Gasteiger partial charge on any atom is 0.386 e. The monoisotopic (exact) mass is 645 g/mol. The van der Waals surface area contributed by atoms with E-state index in [1.807, 2.05) is 0 Å². The van der Waals surface area contributed by atoms with Crippen LogP contribution < -0.4 is 17.0 Å². The van der Waals surface area contributed by atoms with Crippen molar-refractivity contribution < 1.29 is 31.9 Å². The maximum atomic E-state index is 15.9. The zero-order valence-corrected chi connectivity index (χ0v) is 23.7. The smallest absolute Gasteiger partial charge is 0.382 e. The Labute approximate surface area is 242 Å². The molecule has 3 aliphatic heterocycles. The van der Waals surface area contributed by atoms with Gasteiger partial charge in [-0.3, -0.25) is 23.4 Å². The van der Waals surface area contributed by atoms with Crippen molar-refractivity contribution in [2.24, 2.45) is 5.92 Å². The van der Waals surface area contributed by atoms with Gasteiger partial charge in [-0.1, -0.05) is 29.2 Å². The molecule has 7 rings (SSSR count). The molecular formula is C20H22F2N11O6PS2. The van der Waals surface area contributed by atoms with E-state index in [1.165, 1.54) is 17.2 Å². The molecule has 7 heterocycles. The number of nitrogen functional groups attached to an aromatic ring is 2. The molecule has 4 aromatic heterocycles. The molecule has 2 unspecified atom stereocenters. The van der Waals surface area contributed by atoms with Crippen LogP contribution in [0.3, 0.4) is 0 Å². The first-order valence-electron chi connectivity index (χ1n) is 12.5. The number of nitrogens with zero attached hydrogens (tertiary/aromatic N) is 8. The molecule has 4 aromatic rings. The van der Waals surface area contributed by atoms with Gasteiger partial charge in [0.05, 0.1) is 19.0 Å². The van der Waals surface area contributed by atoms with E-state index in [-0.39, 0.29) is 47.1 Å². The normalized spacial score (nSPS) is 35.7. The molecule has 3 aliphatic rings. The number of H-pyrrole nitrogens is 1. The zero-order valence-electron chi connectivity index (χ0n) is 21.1. The molecule has 0 amide bonds. The van der Waals surface area contributed by atoms with Crippen LogP contribution in [0.15, 0.2) is 17.4 Å². The number of rotatable bonds is 2. The molecule has 3 fully saturated rings. The van der Waals surface area contributed by atoms with Crippen molar-refractivity contribution in [2.45, 2.75) is 48.0 Å². The van der Waals surface area contributed by atoms with Crippen molar-refractivity contribution in [3.8, 4) is 0 Å². The van der Waals surface area contributed by atoms with Crippen LogP contribution in [-0.2, 0) is 23.1 Å². The van der Waals surface area contributed by atoms with Crippen LogP contribution in [0.4, 0.5) is 20.5 Å². The number of halogens is 2. The number of aromatic amines is 1. The number of nitrogens with one attached hydrogen (secondary N) is 1. The van der Waals surface area contributed by atoms with Crippen molar-refractivity contribution >= 4 is 64.9 Å². The fourth-order valence-corrected chi connectivity index (χ4v) is 8.21. The third kappa shape index (κ3) is 4.63. The summed E-state index contributed by atoms with van der Waals surface area (Å²) in [4.78, 5) is 30.8. The second-order valence-corrected chi connectivity index (χ2v) is 13.8. The summed E-state index contributed by atoms with van der Waals surface area (Å²) in [7, 11) is 0. The Morgan fingerprint density at radius 3 is 2.83 bits per heavy atom. The second-order valence-electron chi connectivity index (χ2n) is 9.75. The van der Waals surface area contributed by atoms with E-state index in [1.54, 1.807) is 0 Å². The van der Waals surface area contributed by atoms with Crippen LogP contribution >= 0.6 is 30.8 Å². The van der Waals surface area contributed by atoms with Crippen molar-refractivity contribution in [3.05, 3.63) is 23.0 Å². The lowest BCUT2D eigenvalue weighted by atomic mass is 9.96. The molecule has 17 nitrogen and oxygen atoms in total. The lowest BCUT2D eigenvalue weighted by Crippen LogP contribution is -2.34. The van der Waals surface area contributed by atoms with Crippen LogP contribution in [0.2, 0.25) is 0 Å². The number of nitrogens with two attached hydrogens (primary N) is 2. The van der Waals surface area contributed by atoms with Gasteiger partial charge < -0.3 is 20.9 Å². The molecule has 0 spiro atoms. The van der Waals surface area contributed by atoms with Crippen LogP contribution in [0, 0.1) is 5.92 Å². The molecule has 0 aliphatic carbocycles. The third-order valence-corrected chi connectivity index (χ3v) is 10.3. The highest BCUT2D eigenvalue weighted by atomic mass is 32.7. The van der Waals surface area contributed by atoms with E-state index in [9.17, 15) is 9.36 Å². The fourth-order valence-electron chi connectivity index (χ4n) is 5.30. The molecule has 42 heavy (non-hydrogen) atoms. The average Bonchev–Trinajstić information content (AvgIpc) is 3.69. The molecule has 0 aromatic carbocycles. The van der Waals surface area contributed by atoms with Gasteiger partial charge in [-0.25, -0.2) is 33.0 Å². The number of hydrogen-bond donors (Lipinski definition) is 4. The molecule has 0 radical (unpaired) electrons. The van der Waals surface area contributed by atoms with Gasteiger partial charge in [0.25, 0.3) is 5.56 Å². The van der Waals surface area contributed by atoms with Gasteiger partial charge in [0, 0.05) is 12.5 Å². The van der Waals surface area contributed by atoms with Gasteiger partial charge in [-0.15, -0.1) is 5.10 Å². The fraction of sp³-hybridized carbons (Fsp3) is 0.550. The topological polar surface area (TPSA) is 226 Å². The largest absolute Gasteiger partial charge is 0.386 e. The van der Waals surface area contributed by atoms with E-state index in [4.69, 9.17) is 30.0 Å². The maximum absolute atomic E-state index is 15.9. The summed E-state index contributed by atoms with van der Waals surface area (Å²) in [5.74, 6) is -0.894. The van der Waals surface area contributed by atoms with E-state index in [0.29, 0.717) is 0 Å². The van der Waals surface area contributed by atoms with Crippen molar-refractivity contribution in [3.63, 3.8) is 0 Å². The minimum Gasteiger partial charge on any atom is -0.382 e. The number of alkyl halides is 2. The Kier molecular flexibility index (Phi) is 6.87. The van der Waals surface area contributed by atoms with Crippen molar-refractivity contribution in [1.82, 2.24) is 44.5 Å². The summed E-state index contributed by atoms with van der Waals surface area (Å²) in [6.07, 6.45) is -4.33. The number of thiol groups is 1. The van der Waals surface area contributed by atoms with E-state index in [0.717, 1.165) is 16.4 Å². The Balaban J connectivity index is 1.17. The number of fused-ring (bicyclic) bond motifs is 5. The number of hydrogen-bond acceptors (Lipinski definition) is 15. The Morgan fingerprint density at radius 2 is 2.00 bits per heavy atom. The van der Waals surface area contributed by atoms with Gasteiger partial charge in [0.15, 0.2) is 41.2 Å². The van der Waals surface area contributed by atoms with Gasteiger partial charge in [0.2, 0.25) is 5.95 Å². The molecule has 3 saturated heterocycles. The SMILES string of the molecule is Nc1nc2c(nnn2[C@@H]2SC3OCC[C@H]4[C@H](F)[C@H](n5cnc6c(N)ncnc65)O[C@@H]4COP(=O)(S)O[C@@H]2[C@@H]3F)c(=O)[nH]1. The summed E-state index contributed by atoms with van der Waals surface area (Å²) < 4.78 is 70.5. The number of aromatic nitrogens is 9. The third-order valence-electron chi connectivity index (χ3n) is 7.25. The summed E-state index contributed by atoms with van der Waals surface area (Å²) in [6, 6.07) is 0. The molecular weight excluding hydrogens is 623 g/mol. The zero-order chi connectivity index (χ0) is 29.3. The Morgan fingerprint density at radius 1 is 1.17 bits per heavy atom. The average molecular weight is 646 g/mol. The second kappa shape index (κ2) is 10.4. The predicted octanol–water partition coefficient (Wildman–Crippen LogP) is 1.14. The first-order chi connectivity index (χ1) is 20.1. The summed E-state index contributed by atoms with van der Waals surface area (Å²) in [5.41, 5.74) is 10.1. The molecule has 2 bridgehead atoms. The molecule has 224 valence electrons. The highest BCUT2D eigenvalue weighted by Crippen LogP contribution is 2.60. The Hall–Kier alpha value is -2.94. The van der Waals surface area contributed by atoms with Crippen LogP contribution in [0.25, 0.3) is 22.3 Å². The number of imidazole rings is 1. The van der Waals surface area contributed by atoms with Crippen molar-refractivity contribution in [1.29, 1.82) is 0 Å². The lowest BCUT2D eigenvalue weighted by Gasteiger charge is -2.26. The standard InChI is InChI=1S/C20H22F2N11O6PS2/c21-8-6-1-2-36-19-9(22)12(18(42-19)33-15-11(30-31-33)16(34)29-20(24)28-15)39-40(35,41)37-3-7(6)38-17(8)32-5-27-10-13(23)25-4-26-14(10)32/h4-9,12,17-19H,1-3H2,(H,35,41)(H2,23,25,26)(H3,24,28,29,34)/t6-,7-,8+,9+,12-,17-,18-,19?,40?/m1/s1. The molecule has 9 atom stereocenters. The minimum absolute atomic E-state index is 0.0391. The molecule has 5 N–H and O–H groups in total. The first kappa shape index (κ1) is 27.9. The first-order valence-corrected chi connectivity index (χ1v) is 16.1. The van der Waals surface area contributed by atoms with Crippen LogP contribution in [0.1, 0.15) is 18.0 Å². The summed E-state index contributed by atoms with van der Waals surface area (Å²) in [6.45, 7) is -4.73. The van der Waals surface area contributed by atoms with Gasteiger partial charge in [0.1, 0.15) is 28.8 Å². The predicted molar refractivity (Wildman–Crippen MR) is 146 cm³/mol. The van der Waals surface area contributed by atoms with Gasteiger partial charge >= 0.3 is 6.80 Å². The number of thioether (sulfide) groups is 1. The molecule has 0 saturated carbocycles. The van der Waals surface area contributed by atoms with E-state index in [2.05, 4.69) is 47.5 Å². The van der Waals surface area contributed by atoms with Crippen LogP contribution in [-0.4, -0.2) is 87.7 Å². The number of anilines is 2. The van der Waals surface area contributed by atoms with Gasteiger partial charge in [-0.2, -0.15) is 4.98 Å². The van der Waals surface area contributed by atoms with Crippen molar-refractivity contribution in [2.75, 3.05) is 24.7 Å². The number of ether oxygens (including phenoxy) is 2. The molecule has 22 heteroatoms. The highest BCUT2D eigenvalue weighted by Gasteiger charge is 2.53. The summed E-state index contributed by atoms with van der Waals surface area (Å²) in [5, 5.41) is 6.70. The Bertz CT molecular complexity index is 1780. The van der Waals surface area contributed by atoms with E-state index < -0.39 is 66.5 Å². The van der Waals surface area contributed by atoms with Gasteiger partial charge in [-0.05, 0) is 6.42 Å². The highest BCUT2D eigenvalue weighted by molar-refractivity contribution is 8.44. The van der Waals surface area contributed by atoms with Crippen LogP contribution in [0.5, 0.6) is 0 Å². The van der Waals surface area contributed by atoms with E-state index >= 15 is 8.78 Å².